The second kappa shape index (κ2) is 8.57. The summed E-state index contributed by atoms with van der Waals surface area (Å²) in [5, 5.41) is 0. The maximum Gasteiger partial charge on any atom is 0.340 e. The van der Waals surface area contributed by atoms with Crippen LogP contribution in [0.3, 0.4) is 0 Å². The molecule has 0 fully saturated rings. The fraction of sp³-hybridized carbons (Fsp3) is 0.529. The van der Waals surface area contributed by atoms with Gasteiger partial charge in [-0.1, -0.05) is 51.1 Å². The molecular formula is C17H24O4. The van der Waals surface area contributed by atoms with Crippen molar-refractivity contribution >= 4 is 11.8 Å². The van der Waals surface area contributed by atoms with Gasteiger partial charge in [-0.05, 0) is 12.0 Å². The molecule has 0 amide bonds. The van der Waals surface area contributed by atoms with Crippen molar-refractivity contribution in [2.45, 2.75) is 45.8 Å². The van der Waals surface area contributed by atoms with E-state index in [1.807, 2.05) is 44.2 Å². The molecule has 4 nitrogen and oxygen atoms in total. The van der Waals surface area contributed by atoms with Gasteiger partial charge in [-0.3, -0.25) is 4.79 Å². The number of methoxy groups -OCH3 is 1. The van der Waals surface area contributed by atoms with Crippen molar-refractivity contribution in [3.63, 3.8) is 0 Å². The third-order valence-corrected chi connectivity index (χ3v) is 3.64. The minimum absolute atomic E-state index is 0.100. The first-order chi connectivity index (χ1) is 10.0. The average molecular weight is 292 g/mol. The van der Waals surface area contributed by atoms with E-state index in [-0.39, 0.29) is 11.7 Å². The molecule has 0 heterocycles. The Morgan fingerprint density at radius 2 is 1.76 bits per heavy atom. The molecule has 0 spiro atoms. The number of esters is 1. The highest BCUT2D eigenvalue weighted by molar-refractivity contribution is 5.82. The van der Waals surface area contributed by atoms with Gasteiger partial charge in [0.05, 0.1) is 5.92 Å². The quantitative estimate of drug-likeness (QED) is 0.690. The summed E-state index contributed by atoms with van der Waals surface area (Å²) in [7, 11) is 1.47. The number of carbonyl (C=O) groups excluding carboxylic acids is 2. The lowest BCUT2D eigenvalue weighted by Crippen LogP contribution is -2.32. The zero-order valence-electron chi connectivity index (χ0n) is 13.2. The molecule has 0 N–H and O–H groups in total. The number of hydrogen-bond acceptors (Lipinski definition) is 4. The van der Waals surface area contributed by atoms with Crippen LogP contribution in [-0.2, 0) is 19.1 Å². The van der Waals surface area contributed by atoms with Crippen molar-refractivity contribution < 1.29 is 19.1 Å². The van der Waals surface area contributed by atoms with Crippen molar-refractivity contribution in [1.29, 1.82) is 0 Å². The molecule has 116 valence electrons. The van der Waals surface area contributed by atoms with Crippen LogP contribution in [0, 0.1) is 5.92 Å². The summed E-state index contributed by atoms with van der Waals surface area (Å²) < 4.78 is 10.8. The molecule has 1 aromatic rings. The van der Waals surface area contributed by atoms with Gasteiger partial charge in [-0.2, -0.15) is 0 Å². The Hall–Kier alpha value is -1.68. The largest absolute Gasteiger partial charge is 0.459 e. The second-order valence-corrected chi connectivity index (χ2v) is 5.02. The molecule has 0 aromatic heterocycles. The zero-order valence-corrected chi connectivity index (χ0v) is 13.2. The van der Waals surface area contributed by atoms with Gasteiger partial charge in [-0.15, -0.1) is 0 Å². The lowest BCUT2D eigenvalue weighted by Gasteiger charge is -2.24. The van der Waals surface area contributed by atoms with E-state index in [4.69, 9.17) is 9.47 Å². The number of carbonyl (C=O) groups is 2. The Labute approximate surface area is 126 Å². The number of rotatable bonds is 8. The lowest BCUT2D eigenvalue weighted by molar-refractivity contribution is -0.165. The monoisotopic (exact) mass is 292 g/mol. The van der Waals surface area contributed by atoms with Crippen LogP contribution < -0.4 is 0 Å². The zero-order chi connectivity index (χ0) is 15.8. The molecule has 1 rings (SSSR count). The molecule has 3 atom stereocenters. The Morgan fingerprint density at radius 1 is 1.14 bits per heavy atom. The highest BCUT2D eigenvalue weighted by Gasteiger charge is 2.29. The molecule has 0 bridgehead atoms. The van der Waals surface area contributed by atoms with E-state index in [1.54, 1.807) is 6.92 Å². The fourth-order valence-corrected chi connectivity index (χ4v) is 2.28. The Morgan fingerprint density at radius 3 is 2.24 bits per heavy atom. The lowest BCUT2D eigenvalue weighted by atomic mass is 9.96. The third kappa shape index (κ3) is 4.67. The number of ketones is 1. The van der Waals surface area contributed by atoms with E-state index < -0.39 is 18.2 Å². The van der Waals surface area contributed by atoms with Crippen LogP contribution in [0.4, 0.5) is 0 Å². The first kappa shape index (κ1) is 17.4. The van der Waals surface area contributed by atoms with Crippen molar-refractivity contribution in [2.75, 3.05) is 7.11 Å². The molecule has 0 aliphatic rings. The van der Waals surface area contributed by atoms with Crippen LogP contribution in [-0.4, -0.2) is 25.0 Å². The van der Waals surface area contributed by atoms with E-state index in [0.29, 0.717) is 12.8 Å². The maximum absolute atomic E-state index is 12.3. The van der Waals surface area contributed by atoms with Gasteiger partial charge < -0.3 is 9.47 Å². The Kier molecular flexibility index (Phi) is 7.09. The van der Waals surface area contributed by atoms with Gasteiger partial charge in [0, 0.05) is 13.5 Å². The summed E-state index contributed by atoms with van der Waals surface area (Å²) in [6.45, 7) is 5.52. The topological polar surface area (TPSA) is 52.6 Å². The van der Waals surface area contributed by atoms with Crippen LogP contribution in [0.1, 0.15) is 45.3 Å². The SMILES string of the molecule is CCC(=O)[C@@H](C)[C@@H](CC)OC(=O)[C@@H](OC)c1ccccc1. The van der Waals surface area contributed by atoms with E-state index in [1.165, 1.54) is 7.11 Å². The van der Waals surface area contributed by atoms with E-state index in [9.17, 15) is 9.59 Å². The summed E-state index contributed by atoms with van der Waals surface area (Å²) in [5.41, 5.74) is 0.745. The third-order valence-electron chi connectivity index (χ3n) is 3.64. The summed E-state index contributed by atoms with van der Waals surface area (Å²) in [4.78, 5) is 24.1. The predicted molar refractivity (Wildman–Crippen MR) is 80.8 cm³/mol. The van der Waals surface area contributed by atoms with E-state index in [2.05, 4.69) is 0 Å². The van der Waals surface area contributed by atoms with Crippen molar-refractivity contribution in [3.8, 4) is 0 Å². The molecule has 0 radical (unpaired) electrons. The average Bonchev–Trinajstić information content (AvgIpc) is 2.52. The highest BCUT2D eigenvalue weighted by Crippen LogP contribution is 2.22. The summed E-state index contributed by atoms with van der Waals surface area (Å²) in [6.07, 6.45) is -0.124. The van der Waals surface area contributed by atoms with Crippen LogP contribution in [0.2, 0.25) is 0 Å². The fourth-order valence-electron chi connectivity index (χ4n) is 2.28. The Balaban J connectivity index is 2.79. The first-order valence-corrected chi connectivity index (χ1v) is 7.36. The van der Waals surface area contributed by atoms with Gasteiger partial charge in [0.2, 0.25) is 0 Å². The number of benzene rings is 1. The van der Waals surface area contributed by atoms with Crippen LogP contribution in [0.25, 0.3) is 0 Å². The van der Waals surface area contributed by atoms with Crippen molar-refractivity contribution in [1.82, 2.24) is 0 Å². The van der Waals surface area contributed by atoms with Gasteiger partial charge in [-0.25, -0.2) is 4.79 Å². The number of ether oxygens (including phenoxy) is 2. The highest BCUT2D eigenvalue weighted by atomic mass is 16.6. The molecule has 0 aliphatic carbocycles. The summed E-state index contributed by atoms with van der Waals surface area (Å²) in [5.74, 6) is -0.646. The minimum atomic E-state index is -0.760. The molecule has 1 aromatic carbocycles. The summed E-state index contributed by atoms with van der Waals surface area (Å²) in [6, 6.07) is 9.19. The molecule has 0 aliphatic heterocycles. The second-order valence-electron chi connectivity index (χ2n) is 5.02. The molecular weight excluding hydrogens is 268 g/mol. The Bertz CT molecular complexity index is 455. The van der Waals surface area contributed by atoms with Crippen LogP contribution in [0.5, 0.6) is 0 Å². The number of hydrogen-bond donors (Lipinski definition) is 0. The van der Waals surface area contributed by atoms with Gasteiger partial charge in [0.15, 0.2) is 6.10 Å². The minimum Gasteiger partial charge on any atom is -0.459 e. The van der Waals surface area contributed by atoms with Gasteiger partial charge in [0.25, 0.3) is 0 Å². The maximum atomic E-state index is 12.3. The van der Waals surface area contributed by atoms with E-state index in [0.717, 1.165) is 5.56 Å². The molecule has 0 unspecified atom stereocenters. The number of Topliss-reactive ketones (excluding diaryl/α,β-unsaturated/α-hetero) is 1. The smallest absolute Gasteiger partial charge is 0.340 e. The van der Waals surface area contributed by atoms with Crippen molar-refractivity contribution in [2.24, 2.45) is 5.92 Å². The molecule has 21 heavy (non-hydrogen) atoms. The van der Waals surface area contributed by atoms with Crippen LogP contribution in [0.15, 0.2) is 30.3 Å². The van der Waals surface area contributed by atoms with E-state index >= 15 is 0 Å². The van der Waals surface area contributed by atoms with Crippen LogP contribution >= 0.6 is 0 Å². The van der Waals surface area contributed by atoms with Gasteiger partial charge >= 0.3 is 5.97 Å². The first-order valence-electron chi connectivity index (χ1n) is 7.36. The predicted octanol–water partition coefficient (Wildman–Crippen LogP) is 3.31. The standard InChI is InChI=1S/C17H24O4/c1-5-14(18)12(3)15(6-2)21-17(19)16(20-4)13-10-8-7-9-11-13/h7-12,15-16H,5-6H2,1-4H3/t12-,15-,16+/m1/s1. The normalized spacial score (nSPS) is 15.0. The molecule has 0 saturated carbocycles. The van der Waals surface area contributed by atoms with Gasteiger partial charge in [0.1, 0.15) is 11.9 Å². The van der Waals surface area contributed by atoms with Crippen molar-refractivity contribution in [3.05, 3.63) is 35.9 Å². The molecule has 4 heteroatoms. The summed E-state index contributed by atoms with van der Waals surface area (Å²) >= 11 is 0. The molecule has 0 saturated heterocycles.